The zero-order valence-electron chi connectivity index (χ0n) is 14.9. The first-order chi connectivity index (χ1) is 12.2. The Balaban J connectivity index is 1.68. The number of pyridine rings is 1. The number of nitrogens with zero attached hydrogens (tertiary/aromatic N) is 2. The Morgan fingerprint density at radius 3 is 2.44 bits per heavy atom. The summed E-state index contributed by atoms with van der Waals surface area (Å²) in [5.41, 5.74) is 2.84. The second-order valence-corrected chi connectivity index (χ2v) is 7.59. The first kappa shape index (κ1) is 17.8. The number of carbonyl (C=O) groups is 1. The molecular formula is C20H25N3OS. The minimum atomic E-state index is -0.0164. The van der Waals surface area contributed by atoms with E-state index < -0.39 is 0 Å². The van der Waals surface area contributed by atoms with Crippen LogP contribution in [-0.2, 0) is 0 Å². The summed E-state index contributed by atoms with van der Waals surface area (Å²) < 4.78 is 0. The van der Waals surface area contributed by atoms with Gasteiger partial charge in [0.25, 0.3) is 5.91 Å². The Labute approximate surface area is 154 Å². The van der Waals surface area contributed by atoms with Crippen LogP contribution in [0.2, 0.25) is 0 Å². The van der Waals surface area contributed by atoms with Crippen molar-refractivity contribution in [2.24, 2.45) is 0 Å². The number of carbonyl (C=O) groups excluding carboxylic acids is 1. The average Bonchev–Trinajstić information content (AvgIpc) is 2.69. The summed E-state index contributed by atoms with van der Waals surface area (Å²) in [4.78, 5) is 19.1. The molecule has 1 fully saturated rings. The molecule has 0 bridgehead atoms. The van der Waals surface area contributed by atoms with Gasteiger partial charge >= 0.3 is 0 Å². The van der Waals surface area contributed by atoms with Crippen LogP contribution in [0.5, 0.6) is 0 Å². The second kappa shape index (κ2) is 8.39. The summed E-state index contributed by atoms with van der Waals surface area (Å²) in [5.74, 6) is 3.37. The maximum absolute atomic E-state index is 12.2. The molecular weight excluding hydrogens is 330 g/mol. The van der Waals surface area contributed by atoms with Crippen molar-refractivity contribution in [2.45, 2.75) is 26.3 Å². The van der Waals surface area contributed by atoms with Gasteiger partial charge in [0.1, 0.15) is 5.82 Å². The van der Waals surface area contributed by atoms with Crippen LogP contribution in [0.3, 0.4) is 0 Å². The Bertz CT molecular complexity index is 694. The molecule has 5 heteroatoms. The van der Waals surface area contributed by atoms with Crippen molar-refractivity contribution in [1.29, 1.82) is 0 Å². The molecule has 25 heavy (non-hydrogen) atoms. The number of nitrogens with one attached hydrogen (secondary N) is 1. The molecule has 2 aromatic rings. The van der Waals surface area contributed by atoms with E-state index >= 15 is 0 Å². The van der Waals surface area contributed by atoms with E-state index in [1.165, 1.54) is 11.5 Å². The molecule has 1 amide bonds. The molecule has 0 saturated carbocycles. The van der Waals surface area contributed by atoms with Gasteiger partial charge in [-0.1, -0.05) is 19.1 Å². The fourth-order valence-electron chi connectivity index (χ4n) is 2.76. The third-order valence-corrected chi connectivity index (χ3v) is 5.50. The molecule has 1 atom stereocenters. The van der Waals surface area contributed by atoms with Gasteiger partial charge in [0.15, 0.2) is 0 Å². The van der Waals surface area contributed by atoms with Crippen molar-refractivity contribution in [3.05, 3.63) is 48.2 Å². The van der Waals surface area contributed by atoms with E-state index in [4.69, 9.17) is 0 Å². The van der Waals surface area contributed by atoms with E-state index in [0.29, 0.717) is 5.56 Å². The quantitative estimate of drug-likeness (QED) is 0.885. The molecule has 3 rings (SSSR count). The van der Waals surface area contributed by atoms with Gasteiger partial charge in [-0.25, -0.2) is 4.98 Å². The molecule has 1 aromatic carbocycles. The fourth-order valence-corrected chi connectivity index (χ4v) is 3.66. The van der Waals surface area contributed by atoms with Crippen molar-refractivity contribution in [2.75, 3.05) is 29.5 Å². The van der Waals surface area contributed by atoms with E-state index in [2.05, 4.69) is 34.3 Å². The Hall–Kier alpha value is -2.01. The van der Waals surface area contributed by atoms with Crippen molar-refractivity contribution in [3.63, 3.8) is 0 Å². The summed E-state index contributed by atoms with van der Waals surface area (Å²) in [7, 11) is 0. The van der Waals surface area contributed by atoms with Gasteiger partial charge in [0, 0.05) is 48.0 Å². The van der Waals surface area contributed by atoms with Crippen LogP contribution < -0.4 is 10.2 Å². The number of thioether (sulfide) groups is 1. The maximum atomic E-state index is 12.2. The lowest BCUT2D eigenvalue weighted by Gasteiger charge is -2.27. The number of rotatable bonds is 5. The summed E-state index contributed by atoms with van der Waals surface area (Å²) >= 11 is 2.00. The largest absolute Gasteiger partial charge is 0.355 e. The number of hydrogen-bond acceptors (Lipinski definition) is 4. The van der Waals surface area contributed by atoms with Crippen LogP contribution in [0.1, 0.15) is 30.6 Å². The summed E-state index contributed by atoms with van der Waals surface area (Å²) in [6.07, 6.45) is 2.85. The van der Waals surface area contributed by atoms with Crippen LogP contribution in [0.4, 0.5) is 5.82 Å². The topological polar surface area (TPSA) is 45.2 Å². The van der Waals surface area contributed by atoms with Gasteiger partial charge in [0.2, 0.25) is 0 Å². The Morgan fingerprint density at radius 2 is 1.84 bits per heavy atom. The van der Waals surface area contributed by atoms with Gasteiger partial charge in [0.05, 0.1) is 0 Å². The number of aromatic nitrogens is 1. The Morgan fingerprint density at radius 1 is 1.16 bits per heavy atom. The van der Waals surface area contributed by atoms with Gasteiger partial charge < -0.3 is 10.2 Å². The van der Waals surface area contributed by atoms with Gasteiger partial charge in [-0.15, -0.1) is 0 Å². The molecule has 0 aliphatic carbocycles. The minimum Gasteiger partial charge on any atom is -0.355 e. The van der Waals surface area contributed by atoms with Crippen molar-refractivity contribution in [1.82, 2.24) is 10.3 Å². The van der Waals surface area contributed by atoms with Crippen molar-refractivity contribution >= 4 is 23.5 Å². The summed E-state index contributed by atoms with van der Waals surface area (Å²) in [5, 5.41) is 2.99. The molecule has 1 saturated heterocycles. The highest BCUT2D eigenvalue weighted by atomic mass is 32.2. The lowest BCUT2D eigenvalue weighted by atomic mass is 10.0. The van der Waals surface area contributed by atoms with Gasteiger partial charge in [-0.05, 0) is 43.2 Å². The third kappa shape index (κ3) is 4.54. The number of benzene rings is 1. The maximum Gasteiger partial charge on any atom is 0.251 e. The molecule has 0 spiro atoms. The van der Waals surface area contributed by atoms with E-state index in [9.17, 15) is 4.79 Å². The first-order valence-electron chi connectivity index (χ1n) is 8.87. The molecule has 2 heterocycles. The third-order valence-electron chi connectivity index (χ3n) is 4.55. The number of amides is 1. The van der Waals surface area contributed by atoms with Crippen molar-refractivity contribution in [3.8, 4) is 11.1 Å². The highest BCUT2D eigenvalue weighted by molar-refractivity contribution is 7.99. The van der Waals surface area contributed by atoms with Crippen LogP contribution >= 0.6 is 11.8 Å². The molecule has 4 nitrogen and oxygen atoms in total. The predicted molar refractivity (Wildman–Crippen MR) is 106 cm³/mol. The van der Waals surface area contributed by atoms with E-state index in [1.807, 2.05) is 49.1 Å². The molecule has 1 N–H and O–H groups in total. The zero-order chi connectivity index (χ0) is 17.6. The molecule has 1 aliphatic rings. The molecule has 132 valence electrons. The monoisotopic (exact) mass is 355 g/mol. The smallest absolute Gasteiger partial charge is 0.251 e. The predicted octanol–water partition coefficient (Wildman–Crippen LogP) is 3.83. The highest BCUT2D eigenvalue weighted by Crippen LogP contribution is 2.23. The van der Waals surface area contributed by atoms with Crippen LogP contribution in [0, 0.1) is 0 Å². The van der Waals surface area contributed by atoms with E-state index in [-0.39, 0.29) is 11.9 Å². The van der Waals surface area contributed by atoms with Crippen LogP contribution in [-0.4, -0.2) is 41.5 Å². The zero-order valence-corrected chi connectivity index (χ0v) is 15.7. The number of hydrogen-bond donors (Lipinski definition) is 1. The van der Waals surface area contributed by atoms with Crippen LogP contribution in [0.25, 0.3) is 11.1 Å². The molecule has 0 radical (unpaired) electrons. The fraction of sp³-hybridized carbons (Fsp3) is 0.400. The van der Waals surface area contributed by atoms with Crippen molar-refractivity contribution < 1.29 is 4.79 Å². The molecule has 1 aromatic heterocycles. The SMILES string of the molecule is CC[C@H](C)NC(=O)c1ccc(-c2ccc(N3CCSCC3)nc2)cc1. The first-order valence-corrected chi connectivity index (χ1v) is 10.0. The van der Waals surface area contributed by atoms with Crippen LogP contribution in [0.15, 0.2) is 42.6 Å². The highest BCUT2D eigenvalue weighted by Gasteiger charge is 2.12. The summed E-state index contributed by atoms with van der Waals surface area (Å²) in [6.45, 7) is 6.21. The van der Waals surface area contributed by atoms with E-state index in [1.54, 1.807) is 0 Å². The normalized spacial score (nSPS) is 15.7. The van der Waals surface area contributed by atoms with Gasteiger partial charge in [-0.3, -0.25) is 4.79 Å². The Kier molecular flexibility index (Phi) is 5.97. The number of anilines is 1. The minimum absolute atomic E-state index is 0.0164. The standard InChI is InChI=1S/C20H25N3OS/c1-3-15(2)22-20(24)17-6-4-16(5-7-17)18-8-9-19(21-14-18)23-10-12-25-13-11-23/h4-9,14-15H,3,10-13H2,1-2H3,(H,22,24)/t15-/m0/s1. The lowest BCUT2D eigenvalue weighted by molar-refractivity contribution is 0.0939. The molecule has 0 unspecified atom stereocenters. The summed E-state index contributed by atoms with van der Waals surface area (Å²) in [6, 6.07) is 12.1. The lowest BCUT2D eigenvalue weighted by Crippen LogP contribution is -2.32. The second-order valence-electron chi connectivity index (χ2n) is 6.36. The van der Waals surface area contributed by atoms with E-state index in [0.717, 1.165) is 36.5 Å². The average molecular weight is 356 g/mol. The van der Waals surface area contributed by atoms with Gasteiger partial charge in [-0.2, -0.15) is 11.8 Å². The molecule has 1 aliphatic heterocycles.